The molecule has 134 valence electrons. The molecule has 0 bridgehead atoms. The van der Waals surface area contributed by atoms with Gasteiger partial charge in [0.25, 0.3) is 10.0 Å². The third-order valence-electron chi connectivity index (χ3n) is 3.81. The fraction of sp³-hybridized carbons (Fsp3) is 0.105. The normalized spacial score (nSPS) is 11.2. The Kier molecular flexibility index (Phi) is 5.18. The third kappa shape index (κ3) is 4.37. The first-order valence-electron chi connectivity index (χ1n) is 7.93. The van der Waals surface area contributed by atoms with Gasteiger partial charge in [0.15, 0.2) is 0 Å². The van der Waals surface area contributed by atoms with Gasteiger partial charge in [-0.05, 0) is 42.0 Å². The summed E-state index contributed by atoms with van der Waals surface area (Å²) < 4.78 is 39.9. The Labute approximate surface area is 152 Å². The second-order valence-electron chi connectivity index (χ2n) is 5.80. The van der Waals surface area contributed by atoms with Crippen LogP contribution in [0.25, 0.3) is 0 Å². The van der Waals surface area contributed by atoms with Crippen molar-refractivity contribution in [1.82, 2.24) is 4.98 Å². The Morgan fingerprint density at radius 2 is 1.69 bits per heavy atom. The number of aromatic nitrogens is 1. The van der Waals surface area contributed by atoms with Crippen molar-refractivity contribution in [3.63, 3.8) is 0 Å². The van der Waals surface area contributed by atoms with Gasteiger partial charge in [-0.15, -0.1) is 0 Å². The molecule has 0 aliphatic heterocycles. The van der Waals surface area contributed by atoms with Crippen molar-refractivity contribution in [3.05, 3.63) is 84.3 Å². The SMILES string of the molecule is CN(Cc1ccccc1)c1ccc(NS(=O)(=O)c2ccc(F)cc2)nc1. The van der Waals surface area contributed by atoms with Crippen LogP contribution < -0.4 is 9.62 Å². The van der Waals surface area contributed by atoms with E-state index in [1.54, 1.807) is 18.3 Å². The van der Waals surface area contributed by atoms with Gasteiger partial charge in [-0.3, -0.25) is 4.72 Å². The van der Waals surface area contributed by atoms with Crippen LogP contribution in [0.15, 0.2) is 77.8 Å². The van der Waals surface area contributed by atoms with Crippen molar-refractivity contribution in [2.24, 2.45) is 0 Å². The molecule has 0 aliphatic carbocycles. The second-order valence-corrected chi connectivity index (χ2v) is 7.49. The van der Waals surface area contributed by atoms with Gasteiger partial charge in [-0.2, -0.15) is 0 Å². The first-order chi connectivity index (χ1) is 12.4. The number of sulfonamides is 1. The van der Waals surface area contributed by atoms with Crippen molar-refractivity contribution in [2.45, 2.75) is 11.4 Å². The summed E-state index contributed by atoms with van der Waals surface area (Å²) >= 11 is 0. The highest BCUT2D eigenvalue weighted by Gasteiger charge is 2.15. The largest absolute Gasteiger partial charge is 0.369 e. The van der Waals surface area contributed by atoms with Gasteiger partial charge in [0.2, 0.25) is 0 Å². The topological polar surface area (TPSA) is 62.3 Å². The zero-order valence-electron chi connectivity index (χ0n) is 14.1. The van der Waals surface area contributed by atoms with Crippen LogP contribution in [-0.2, 0) is 16.6 Å². The van der Waals surface area contributed by atoms with Gasteiger partial charge in [-0.1, -0.05) is 30.3 Å². The Morgan fingerprint density at radius 3 is 2.31 bits per heavy atom. The van der Waals surface area contributed by atoms with E-state index in [-0.39, 0.29) is 10.7 Å². The van der Waals surface area contributed by atoms with Crippen molar-refractivity contribution in [2.75, 3.05) is 16.7 Å². The maximum Gasteiger partial charge on any atom is 0.263 e. The number of rotatable bonds is 6. The standard InChI is InChI=1S/C19H18FN3O2S/c1-23(14-15-5-3-2-4-6-15)17-9-12-19(21-13-17)22-26(24,25)18-10-7-16(20)8-11-18/h2-13H,14H2,1H3,(H,21,22). The van der Waals surface area contributed by atoms with Crippen molar-refractivity contribution in [1.29, 1.82) is 0 Å². The number of pyridine rings is 1. The average Bonchev–Trinajstić information content (AvgIpc) is 2.63. The average molecular weight is 371 g/mol. The molecule has 0 unspecified atom stereocenters. The molecule has 0 spiro atoms. The molecule has 3 aromatic rings. The van der Waals surface area contributed by atoms with Gasteiger partial charge in [0.1, 0.15) is 11.6 Å². The zero-order valence-corrected chi connectivity index (χ0v) is 14.9. The highest BCUT2D eigenvalue weighted by molar-refractivity contribution is 7.92. The number of hydrogen-bond donors (Lipinski definition) is 1. The molecule has 0 saturated carbocycles. The summed E-state index contributed by atoms with van der Waals surface area (Å²) in [6.45, 7) is 0.711. The number of nitrogens with zero attached hydrogens (tertiary/aromatic N) is 2. The molecule has 0 radical (unpaired) electrons. The quantitative estimate of drug-likeness (QED) is 0.718. The van der Waals surface area contributed by atoms with Gasteiger partial charge >= 0.3 is 0 Å². The lowest BCUT2D eigenvalue weighted by molar-refractivity contribution is 0.599. The molecule has 0 amide bonds. The van der Waals surface area contributed by atoms with Crippen LogP contribution >= 0.6 is 0 Å². The third-order valence-corrected chi connectivity index (χ3v) is 5.18. The van der Waals surface area contributed by atoms with Gasteiger partial charge in [0, 0.05) is 13.6 Å². The summed E-state index contributed by atoms with van der Waals surface area (Å²) in [5.41, 5.74) is 2.02. The van der Waals surface area contributed by atoms with Crippen molar-refractivity contribution in [3.8, 4) is 0 Å². The molecular formula is C19H18FN3O2S. The summed E-state index contributed by atoms with van der Waals surface area (Å²) in [6, 6.07) is 18.0. The van der Waals surface area contributed by atoms with Gasteiger partial charge < -0.3 is 4.90 Å². The molecule has 0 fully saturated rings. The maximum absolute atomic E-state index is 12.9. The Hall–Kier alpha value is -2.93. The molecule has 5 nitrogen and oxygen atoms in total. The summed E-state index contributed by atoms with van der Waals surface area (Å²) in [5, 5.41) is 0. The van der Waals surface area contributed by atoms with E-state index in [1.165, 1.54) is 12.1 Å². The minimum absolute atomic E-state index is 0.0222. The number of benzene rings is 2. The lowest BCUT2D eigenvalue weighted by atomic mass is 10.2. The molecule has 0 atom stereocenters. The smallest absolute Gasteiger partial charge is 0.263 e. The van der Waals surface area contributed by atoms with Crippen molar-refractivity contribution >= 4 is 21.5 Å². The number of hydrogen-bond acceptors (Lipinski definition) is 4. The van der Waals surface area contributed by atoms with Crippen LogP contribution in [0.5, 0.6) is 0 Å². The Bertz CT molecular complexity index is 960. The second kappa shape index (κ2) is 7.53. The van der Waals surface area contributed by atoms with Crippen LogP contribution in [0, 0.1) is 5.82 Å². The molecule has 7 heteroatoms. The van der Waals surface area contributed by atoms with Crippen LogP contribution in [0.2, 0.25) is 0 Å². The molecule has 0 aliphatic rings. The summed E-state index contributed by atoms with van der Waals surface area (Å²) in [4.78, 5) is 6.16. The van der Waals surface area contributed by atoms with E-state index in [1.807, 2.05) is 42.3 Å². The predicted octanol–water partition coefficient (Wildman–Crippen LogP) is 3.66. The molecule has 3 rings (SSSR count). The molecule has 1 heterocycles. The van der Waals surface area contributed by atoms with E-state index < -0.39 is 15.8 Å². The number of halogens is 1. The van der Waals surface area contributed by atoms with E-state index >= 15 is 0 Å². The predicted molar refractivity (Wildman–Crippen MR) is 100.0 cm³/mol. The summed E-state index contributed by atoms with van der Waals surface area (Å²) in [5.74, 6) is -0.293. The fourth-order valence-corrected chi connectivity index (χ4v) is 3.44. The molecule has 1 N–H and O–H groups in total. The summed E-state index contributed by atoms with van der Waals surface area (Å²) in [6.07, 6.45) is 1.60. The summed E-state index contributed by atoms with van der Waals surface area (Å²) in [7, 11) is -1.87. The maximum atomic E-state index is 12.9. The van der Waals surface area contributed by atoms with E-state index in [9.17, 15) is 12.8 Å². The Morgan fingerprint density at radius 1 is 1.00 bits per heavy atom. The number of anilines is 2. The van der Waals surface area contributed by atoms with E-state index in [2.05, 4.69) is 9.71 Å². The van der Waals surface area contributed by atoms with Gasteiger partial charge in [0.05, 0.1) is 16.8 Å². The highest BCUT2D eigenvalue weighted by atomic mass is 32.2. The fourth-order valence-electron chi connectivity index (χ4n) is 2.43. The molecule has 26 heavy (non-hydrogen) atoms. The first kappa shape index (κ1) is 17.9. The van der Waals surface area contributed by atoms with E-state index in [0.717, 1.165) is 23.4 Å². The van der Waals surface area contributed by atoms with Crippen LogP contribution in [0.1, 0.15) is 5.56 Å². The van der Waals surface area contributed by atoms with E-state index in [4.69, 9.17) is 0 Å². The monoisotopic (exact) mass is 371 g/mol. The first-order valence-corrected chi connectivity index (χ1v) is 9.42. The van der Waals surface area contributed by atoms with Gasteiger partial charge in [-0.25, -0.2) is 17.8 Å². The highest BCUT2D eigenvalue weighted by Crippen LogP contribution is 2.19. The molecule has 2 aromatic carbocycles. The van der Waals surface area contributed by atoms with E-state index in [0.29, 0.717) is 6.54 Å². The molecule has 1 aromatic heterocycles. The minimum atomic E-state index is -3.80. The Balaban J connectivity index is 1.70. The molecule has 0 saturated heterocycles. The van der Waals surface area contributed by atoms with Crippen LogP contribution in [-0.4, -0.2) is 20.4 Å². The molecular weight excluding hydrogens is 353 g/mol. The van der Waals surface area contributed by atoms with Crippen molar-refractivity contribution < 1.29 is 12.8 Å². The lowest BCUT2D eigenvalue weighted by Crippen LogP contribution is -2.17. The lowest BCUT2D eigenvalue weighted by Gasteiger charge is -2.19. The zero-order chi connectivity index (χ0) is 18.6. The van der Waals surface area contributed by atoms with Crippen LogP contribution in [0.4, 0.5) is 15.9 Å². The van der Waals surface area contributed by atoms with Crippen LogP contribution in [0.3, 0.4) is 0 Å². The minimum Gasteiger partial charge on any atom is -0.369 e. The number of nitrogens with one attached hydrogen (secondary N) is 1.